The second-order valence-electron chi connectivity index (χ2n) is 6.71. The summed E-state index contributed by atoms with van der Waals surface area (Å²) in [6.07, 6.45) is -4.61. The summed E-state index contributed by atoms with van der Waals surface area (Å²) in [4.78, 5) is 14.4. The smallest absolute Gasteiger partial charge is 0.419 e. The first kappa shape index (κ1) is 20.5. The van der Waals surface area contributed by atoms with Crippen molar-refractivity contribution in [2.24, 2.45) is 0 Å². The monoisotopic (exact) mass is 412 g/mol. The number of alkyl halides is 3. The largest absolute Gasteiger partial charge is 0.496 e. The van der Waals surface area contributed by atoms with Gasteiger partial charge >= 0.3 is 6.18 Å². The van der Waals surface area contributed by atoms with E-state index in [2.05, 4.69) is 5.32 Å². The topological polar surface area (TPSA) is 41.6 Å². The first-order chi connectivity index (χ1) is 13.2. The van der Waals surface area contributed by atoms with Crippen molar-refractivity contribution in [1.29, 1.82) is 0 Å². The first-order valence-electron chi connectivity index (χ1n) is 8.71. The van der Waals surface area contributed by atoms with Crippen molar-refractivity contribution in [3.8, 4) is 5.75 Å². The van der Waals surface area contributed by atoms with Crippen LogP contribution in [-0.4, -0.2) is 44.1 Å². The van der Waals surface area contributed by atoms with Gasteiger partial charge in [0.1, 0.15) is 5.75 Å². The Labute approximate surface area is 166 Å². The van der Waals surface area contributed by atoms with Gasteiger partial charge in [0.05, 0.1) is 18.7 Å². The highest BCUT2D eigenvalue weighted by Gasteiger charge is 2.37. The summed E-state index contributed by atoms with van der Waals surface area (Å²) in [5.41, 5.74) is 0.0233. The maximum atomic E-state index is 13.3. The van der Waals surface area contributed by atoms with Crippen molar-refractivity contribution in [3.05, 3.63) is 64.2 Å². The third kappa shape index (κ3) is 4.10. The summed E-state index contributed by atoms with van der Waals surface area (Å²) in [6, 6.07) is 10.6. The van der Waals surface area contributed by atoms with E-state index in [0.717, 1.165) is 11.6 Å². The van der Waals surface area contributed by atoms with Gasteiger partial charge in [0, 0.05) is 36.6 Å². The summed E-state index contributed by atoms with van der Waals surface area (Å²) in [6.45, 7) is 1.22. The number of ether oxygens (including phenoxy) is 1. The average molecular weight is 413 g/mol. The zero-order chi connectivity index (χ0) is 20.5. The molecule has 4 nitrogen and oxygen atoms in total. The Morgan fingerprint density at radius 3 is 2.46 bits per heavy atom. The van der Waals surface area contributed by atoms with Crippen molar-refractivity contribution in [1.82, 2.24) is 10.2 Å². The standard InChI is InChI=1S/C20H20ClF3N2O2/c1-26(17-11-25-10-15(17)12-3-6-14(21)7-4-12)19(27)13-5-8-18(28-2)16(9-13)20(22,23)24/h3-9,15,17,25H,10-11H2,1-2H3. The molecule has 2 atom stereocenters. The van der Waals surface area contributed by atoms with Gasteiger partial charge in [-0.2, -0.15) is 13.2 Å². The fourth-order valence-corrected chi connectivity index (χ4v) is 3.66. The maximum Gasteiger partial charge on any atom is 0.419 e. The van der Waals surface area contributed by atoms with Crippen LogP contribution >= 0.6 is 11.6 Å². The average Bonchev–Trinajstić information content (AvgIpc) is 3.16. The summed E-state index contributed by atoms with van der Waals surface area (Å²) < 4.78 is 44.6. The quantitative estimate of drug-likeness (QED) is 0.818. The molecule has 1 aliphatic rings. The number of methoxy groups -OCH3 is 1. The van der Waals surface area contributed by atoms with Crippen LogP contribution in [-0.2, 0) is 6.18 Å². The lowest BCUT2D eigenvalue weighted by Crippen LogP contribution is -2.41. The zero-order valence-electron chi connectivity index (χ0n) is 15.4. The van der Waals surface area contributed by atoms with Crippen molar-refractivity contribution in [3.63, 3.8) is 0 Å². The van der Waals surface area contributed by atoms with Gasteiger partial charge in [0.25, 0.3) is 5.91 Å². The van der Waals surface area contributed by atoms with Crippen LogP contribution in [0.15, 0.2) is 42.5 Å². The summed E-state index contributed by atoms with van der Waals surface area (Å²) >= 11 is 5.94. The SMILES string of the molecule is COc1ccc(C(=O)N(C)C2CNCC2c2ccc(Cl)cc2)cc1C(F)(F)F. The molecule has 0 saturated carbocycles. The van der Waals surface area contributed by atoms with Gasteiger partial charge in [-0.25, -0.2) is 0 Å². The highest BCUT2D eigenvalue weighted by molar-refractivity contribution is 6.30. The number of rotatable bonds is 4. The van der Waals surface area contributed by atoms with E-state index in [1.165, 1.54) is 24.1 Å². The lowest BCUT2D eigenvalue weighted by molar-refractivity contribution is -0.138. The predicted molar refractivity (Wildman–Crippen MR) is 101 cm³/mol. The number of hydrogen-bond acceptors (Lipinski definition) is 3. The lowest BCUT2D eigenvalue weighted by atomic mass is 9.93. The molecule has 1 aliphatic heterocycles. The number of carbonyl (C=O) groups is 1. The number of likely N-dealkylation sites (N-methyl/N-ethyl adjacent to an activating group) is 1. The molecular weight excluding hydrogens is 393 g/mol. The Bertz CT molecular complexity index is 856. The molecule has 1 heterocycles. The Morgan fingerprint density at radius 1 is 1.18 bits per heavy atom. The Kier molecular flexibility index (Phi) is 5.86. The number of amides is 1. The fraction of sp³-hybridized carbons (Fsp3) is 0.350. The van der Waals surface area contributed by atoms with E-state index in [4.69, 9.17) is 16.3 Å². The van der Waals surface area contributed by atoms with Gasteiger partial charge in [0.15, 0.2) is 0 Å². The number of nitrogens with one attached hydrogen (secondary N) is 1. The number of hydrogen-bond donors (Lipinski definition) is 1. The molecule has 1 fully saturated rings. The van der Waals surface area contributed by atoms with Crippen molar-refractivity contribution in [2.75, 3.05) is 27.2 Å². The van der Waals surface area contributed by atoms with Crippen molar-refractivity contribution < 1.29 is 22.7 Å². The summed E-state index contributed by atoms with van der Waals surface area (Å²) in [5, 5.41) is 3.87. The van der Waals surface area contributed by atoms with Gasteiger partial charge in [-0.3, -0.25) is 4.79 Å². The summed E-state index contributed by atoms with van der Waals surface area (Å²) in [7, 11) is 2.78. The van der Waals surface area contributed by atoms with Gasteiger partial charge in [-0.05, 0) is 35.9 Å². The van der Waals surface area contributed by atoms with Crippen LogP contribution < -0.4 is 10.1 Å². The van der Waals surface area contributed by atoms with Gasteiger partial charge in [-0.1, -0.05) is 23.7 Å². The molecule has 1 amide bonds. The number of halogens is 4. The molecule has 0 aliphatic carbocycles. The van der Waals surface area contributed by atoms with Crippen LogP contribution in [0.2, 0.25) is 5.02 Å². The van der Waals surface area contributed by atoms with Crippen LogP contribution in [0.25, 0.3) is 0 Å². The molecule has 0 aromatic heterocycles. The van der Waals surface area contributed by atoms with E-state index in [1.807, 2.05) is 12.1 Å². The zero-order valence-corrected chi connectivity index (χ0v) is 16.1. The Morgan fingerprint density at radius 2 is 1.86 bits per heavy atom. The molecule has 0 spiro atoms. The van der Waals surface area contributed by atoms with E-state index in [0.29, 0.717) is 18.1 Å². The number of carbonyl (C=O) groups excluding carboxylic acids is 1. The third-order valence-corrected chi connectivity index (χ3v) is 5.30. The molecule has 2 aromatic rings. The summed E-state index contributed by atoms with van der Waals surface area (Å²) in [5.74, 6) is -0.763. The van der Waals surface area contributed by atoms with E-state index >= 15 is 0 Å². The van der Waals surface area contributed by atoms with Crippen LogP contribution in [0.4, 0.5) is 13.2 Å². The first-order valence-corrected chi connectivity index (χ1v) is 9.08. The van der Waals surface area contributed by atoms with Crippen LogP contribution in [0.5, 0.6) is 5.75 Å². The molecule has 0 radical (unpaired) electrons. The minimum atomic E-state index is -4.61. The minimum absolute atomic E-state index is 0.0200. The molecule has 8 heteroatoms. The minimum Gasteiger partial charge on any atom is -0.496 e. The number of nitrogens with zero attached hydrogens (tertiary/aromatic N) is 1. The molecule has 28 heavy (non-hydrogen) atoms. The Hall–Kier alpha value is -2.25. The van der Waals surface area contributed by atoms with Gasteiger partial charge in [-0.15, -0.1) is 0 Å². The Balaban J connectivity index is 1.86. The van der Waals surface area contributed by atoms with Gasteiger partial charge in [0.2, 0.25) is 0 Å². The molecule has 150 valence electrons. The highest BCUT2D eigenvalue weighted by Crippen LogP contribution is 2.37. The molecular formula is C20H20ClF3N2O2. The molecule has 3 rings (SSSR count). The lowest BCUT2D eigenvalue weighted by Gasteiger charge is -2.29. The predicted octanol–water partition coefficient (Wildman–Crippen LogP) is 4.20. The maximum absolute atomic E-state index is 13.3. The van der Waals surface area contributed by atoms with Crippen molar-refractivity contribution >= 4 is 17.5 Å². The van der Waals surface area contributed by atoms with Crippen LogP contribution in [0.1, 0.15) is 27.4 Å². The number of benzene rings is 2. The van der Waals surface area contributed by atoms with Crippen molar-refractivity contribution in [2.45, 2.75) is 18.1 Å². The van der Waals surface area contributed by atoms with Crippen LogP contribution in [0, 0.1) is 0 Å². The van der Waals surface area contributed by atoms with E-state index in [9.17, 15) is 18.0 Å². The molecule has 1 N–H and O–H groups in total. The van der Waals surface area contributed by atoms with E-state index in [-0.39, 0.29) is 23.3 Å². The molecule has 2 unspecified atom stereocenters. The molecule has 1 saturated heterocycles. The highest BCUT2D eigenvalue weighted by atomic mass is 35.5. The van der Waals surface area contributed by atoms with Gasteiger partial charge < -0.3 is 15.0 Å². The molecule has 2 aromatic carbocycles. The van der Waals surface area contributed by atoms with E-state index < -0.39 is 17.6 Å². The third-order valence-electron chi connectivity index (χ3n) is 5.05. The fourth-order valence-electron chi connectivity index (χ4n) is 3.54. The second kappa shape index (κ2) is 8.01. The second-order valence-corrected chi connectivity index (χ2v) is 7.15. The van der Waals surface area contributed by atoms with Crippen LogP contribution in [0.3, 0.4) is 0 Å². The molecule has 0 bridgehead atoms. The normalized spacial score (nSPS) is 19.5. The van der Waals surface area contributed by atoms with E-state index in [1.54, 1.807) is 19.2 Å².